The number of amides is 2. The summed E-state index contributed by atoms with van der Waals surface area (Å²) in [6.45, 7) is 5.87. The maximum absolute atomic E-state index is 13.9. The number of aromatic nitrogens is 2. The van der Waals surface area contributed by atoms with Gasteiger partial charge in [-0.2, -0.15) is 10.4 Å². The van der Waals surface area contributed by atoms with Gasteiger partial charge < -0.3 is 9.47 Å². The molecule has 1 atom stereocenters. The van der Waals surface area contributed by atoms with Gasteiger partial charge in [0.2, 0.25) is 0 Å². The fourth-order valence-corrected chi connectivity index (χ4v) is 5.81. The molecule has 0 saturated heterocycles. The number of rotatable bonds is 7. The normalized spacial score (nSPS) is 17.1. The molecule has 8 heteroatoms. The first-order valence-corrected chi connectivity index (χ1v) is 14.5. The van der Waals surface area contributed by atoms with Gasteiger partial charge in [0.15, 0.2) is 0 Å². The lowest BCUT2D eigenvalue weighted by atomic mass is 9.92. The van der Waals surface area contributed by atoms with Gasteiger partial charge in [-0.25, -0.2) is 4.68 Å². The number of aryl methyl sites for hydroxylation is 1. The number of benzene rings is 3. The predicted molar refractivity (Wildman–Crippen MR) is 167 cm³/mol. The van der Waals surface area contributed by atoms with Crippen molar-refractivity contribution in [1.82, 2.24) is 14.7 Å². The molecule has 2 aliphatic rings. The summed E-state index contributed by atoms with van der Waals surface area (Å²) in [6.07, 6.45) is 4.98. The molecule has 6 rings (SSSR count). The van der Waals surface area contributed by atoms with Gasteiger partial charge in [-0.1, -0.05) is 30.3 Å². The highest BCUT2D eigenvalue weighted by atomic mass is 16.5. The second-order valence-corrected chi connectivity index (χ2v) is 11.2. The first-order chi connectivity index (χ1) is 21.3. The number of methoxy groups -OCH3 is 1. The van der Waals surface area contributed by atoms with E-state index in [2.05, 4.69) is 13.0 Å². The van der Waals surface area contributed by atoms with Crippen LogP contribution in [0.15, 0.2) is 89.6 Å². The summed E-state index contributed by atoms with van der Waals surface area (Å²) in [5.74, 6) is 0.617. The summed E-state index contributed by atoms with van der Waals surface area (Å²) in [7, 11) is 1.60. The average molecular weight is 585 g/mol. The number of imide groups is 1. The number of ether oxygens (including phenoxy) is 2. The van der Waals surface area contributed by atoms with Gasteiger partial charge in [-0.15, -0.1) is 0 Å². The topological polar surface area (TPSA) is 97.5 Å². The molecule has 4 aromatic rings. The Bertz CT molecular complexity index is 1880. The quantitative estimate of drug-likeness (QED) is 0.195. The molecule has 3 aromatic carbocycles. The van der Waals surface area contributed by atoms with Crippen molar-refractivity contribution in [2.24, 2.45) is 0 Å². The predicted octanol–water partition coefficient (Wildman–Crippen LogP) is 6.01. The third-order valence-corrected chi connectivity index (χ3v) is 8.12. The van der Waals surface area contributed by atoms with Crippen molar-refractivity contribution in [1.29, 1.82) is 5.26 Å². The average Bonchev–Trinajstić information content (AvgIpc) is 3.63. The van der Waals surface area contributed by atoms with Crippen LogP contribution in [0.3, 0.4) is 0 Å². The summed E-state index contributed by atoms with van der Waals surface area (Å²) in [5.41, 5.74) is 6.84. The van der Waals surface area contributed by atoms with E-state index in [-0.39, 0.29) is 18.2 Å². The zero-order chi connectivity index (χ0) is 31.0. The number of carbonyl (C=O) groups is 2. The van der Waals surface area contributed by atoms with Crippen LogP contribution in [0.25, 0.3) is 23.0 Å². The Balaban J connectivity index is 1.43. The van der Waals surface area contributed by atoms with Crippen LogP contribution in [0.1, 0.15) is 36.1 Å². The van der Waals surface area contributed by atoms with E-state index in [1.165, 1.54) is 4.90 Å². The fourth-order valence-electron chi connectivity index (χ4n) is 5.81. The van der Waals surface area contributed by atoms with E-state index < -0.39 is 11.8 Å². The number of hydrogen-bond acceptors (Lipinski definition) is 6. The van der Waals surface area contributed by atoms with Gasteiger partial charge >= 0.3 is 0 Å². The Labute approximate surface area is 256 Å². The SMILES string of the molecule is COc1ccc(CCN2C(=O)C(C#N)=C(C)/C(=C\c3cn(-c4ccccc4)nc3-c3cc(C)c4c(c3)CC(C)O4)C2=O)cc1. The van der Waals surface area contributed by atoms with Crippen LogP contribution in [0, 0.1) is 18.3 Å². The Kier molecular flexibility index (Phi) is 7.62. The lowest BCUT2D eigenvalue weighted by molar-refractivity contribution is -0.140. The van der Waals surface area contributed by atoms with Crippen LogP contribution in [-0.2, 0) is 22.4 Å². The number of nitrogens with zero attached hydrogens (tertiary/aromatic N) is 4. The Morgan fingerprint density at radius 3 is 2.52 bits per heavy atom. The summed E-state index contributed by atoms with van der Waals surface area (Å²) >= 11 is 0. The van der Waals surface area contributed by atoms with Gasteiger partial charge in [0, 0.05) is 35.9 Å². The highest BCUT2D eigenvalue weighted by Gasteiger charge is 2.35. The summed E-state index contributed by atoms with van der Waals surface area (Å²) in [6, 6.07) is 23.4. The minimum absolute atomic E-state index is 0.0397. The van der Waals surface area contributed by atoms with Crippen molar-refractivity contribution in [3.05, 3.63) is 112 Å². The van der Waals surface area contributed by atoms with E-state index >= 15 is 0 Å². The zero-order valence-corrected chi connectivity index (χ0v) is 25.1. The van der Waals surface area contributed by atoms with Gasteiger partial charge in [0.1, 0.15) is 29.2 Å². The van der Waals surface area contributed by atoms with Crippen LogP contribution in [-0.4, -0.2) is 46.3 Å². The van der Waals surface area contributed by atoms with Crippen molar-refractivity contribution in [3.63, 3.8) is 0 Å². The van der Waals surface area contributed by atoms with Crippen molar-refractivity contribution in [3.8, 4) is 34.5 Å². The number of nitriles is 1. The molecule has 0 spiro atoms. The Morgan fingerprint density at radius 1 is 1.07 bits per heavy atom. The van der Waals surface area contributed by atoms with Gasteiger partial charge in [-0.3, -0.25) is 14.5 Å². The summed E-state index contributed by atoms with van der Waals surface area (Å²) in [5, 5.41) is 14.9. The van der Waals surface area contributed by atoms with Gasteiger partial charge in [0.25, 0.3) is 11.8 Å². The minimum atomic E-state index is -0.579. The largest absolute Gasteiger partial charge is 0.497 e. The molecule has 44 heavy (non-hydrogen) atoms. The van der Waals surface area contributed by atoms with E-state index in [0.717, 1.165) is 45.9 Å². The standard InChI is InChI=1S/C36H32N4O4/c1-22-16-26(18-27-17-23(2)44-34(22)27)33-28(21-40(38-33)29-8-6-5-7-9-29)19-31-24(3)32(20-37)36(42)39(35(31)41)15-14-25-10-12-30(43-4)13-11-25/h5-13,16,18-19,21,23H,14-15,17H2,1-4H3/b31-19+. The van der Waals surface area contributed by atoms with Crippen LogP contribution in [0.5, 0.6) is 11.5 Å². The van der Waals surface area contributed by atoms with E-state index in [4.69, 9.17) is 14.6 Å². The number of carbonyl (C=O) groups excluding carboxylic acids is 2. The highest BCUT2D eigenvalue weighted by molar-refractivity contribution is 6.19. The fraction of sp³-hybridized carbons (Fsp3) is 0.222. The number of para-hydroxylation sites is 1. The molecule has 220 valence electrons. The summed E-state index contributed by atoms with van der Waals surface area (Å²) < 4.78 is 13.0. The van der Waals surface area contributed by atoms with Gasteiger partial charge in [-0.05, 0) is 91.9 Å². The van der Waals surface area contributed by atoms with Crippen molar-refractivity contribution in [2.75, 3.05) is 13.7 Å². The molecule has 0 radical (unpaired) electrons. The second-order valence-electron chi connectivity index (χ2n) is 11.2. The van der Waals surface area contributed by atoms with E-state index in [9.17, 15) is 14.9 Å². The molecule has 2 amide bonds. The monoisotopic (exact) mass is 584 g/mol. The van der Waals surface area contributed by atoms with Crippen molar-refractivity contribution in [2.45, 2.75) is 39.7 Å². The molecule has 0 fully saturated rings. The molecular weight excluding hydrogens is 552 g/mol. The molecule has 0 N–H and O–H groups in total. The van der Waals surface area contributed by atoms with Crippen LogP contribution < -0.4 is 9.47 Å². The Hall–Kier alpha value is -5.42. The molecule has 1 aromatic heterocycles. The third kappa shape index (κ3) is 5.29. The molecule has 3 heterocycles. The van der Waals surface area contributed by atoms with Gasteiger partial charge in [0.05, 0.1) is 18.5 Å². The molecule has 2 aliphatic heterocycles. The molecule has 0 bridgehead atoms. The van der Waals surface area contributed by atoms with Crippen LogP contribution in [0.2, 0.25) is 0 Å². The van der Waals surface area contributed by atoms with Crippen molar-refractivity contribution < 1.29 is 19.1 Å². The first-order valence-electron chi connectivity index (χ1n) is 14.5. The number of fused-ring (bicyclic) bond motifs is 1. The first kappa shape index (κ1) is 28.7. The molecular formula is C36H32N4O4. The van der Waals surface area contributed by atoms with E-state index in [0.29, 0.717) is 28.8 Å². The van der Waals surface area contributed by atoms with E-state index in [1.807, 2.05) is 79.9 Å². The maximum Gasteiger partial charge on any atom is 0.271 e. The van der Waals surface area contributed by atoms with E-state index in [1.54, 1.807) is 24.8 Å². The van der Waals surface area contributed by atoms with Crippen LogP contribution >= 0.6 is 0 Å². The highest BCUT2D eigenvalue weighted by Crippen LogP contribution is 2.38. The summed E-state index contributed by atoms with van der Waals surface area (Å²) in [4.78, 5) is 28.4. The lowest BCUT2D eigenvalue weighted by Crippen LogP contribution is -2.43. The smallest absolute Gasteiger partial charge is 0.271 e. The second kappa shape index (κ2) is 11.7. The Morgan fingerprint density at radius 2 is 1.82 bits per heavy atom. The number of hydrogen-bond donors (Lipinski definition) is 0. The third-order valence-electron chi connectivity index (χ3n) is 8.12. The zero-order valence-electron chi connectivity index (χ0n) is 25.1. The maximum atomic E-state index is 13.9. The lowest BCUT2D eigenvalue weighted by Gasteiger charge is -2.27. The molecule has 0 aliphatic carbocycles. The van der Waals surface area contributed by atoms with Crippen LogP contribution in [0.4, 0.5) is 0 Å². The van der Waals surface area contributed by atoms with Crippen molar-refractivity contribution >= 4 is 17.9 Å². The molecule has 0 saturated carbocycles. The molecule has 1 unspecified atom stereocenters. The molecule has 8 nitrogen and oxygen atoms in total. The minimum Gasteiger partial charge on any atom is -0.497 e.